The molecule has 2 rings (SSSR count). The van der Waals surface area contributed by atoms with Gasteiger partial charge in [-0.3, -0.25) is 0 Å². The average Bonchev–Trinajstić information content (AvgIpc) is 3.14. The molecule has 1 aliphatic carbocycles. The van der Waals surface area contributed by atoms with Crippen LogP contribution in [0.5, 0.6) is 0 Å². The topological polar surface area (TPSA) is 142 Å². The van der Waals surface area contributed by atoms with Gasteiger partial charge in [0.05, 0.1) is 33.0 Å². The first-order valence-corrected chi connectivity index (χ1v) is 13.4. The molecule has 10 nitrogen and oxygen atoms in total. The number of allylic oxidation sites excluding steroid dienone is 3. The van der Waals surface area contributed by atoms with Crippen molar-refractivity contribution in [2.75, 3.05) is 59.4 Å². The van der Waals surface area contributed by atoms with E-state index in [1.165, 1.54) is 11.8 Å². The summed E-state index contributed by atoms with van der Waals surface area (Å²) in [5, 5.41) is 21.2. The van der Waals surface area contributed by atoms with Crippen LogP contribution in [-0.2, 0) is 28.5 Å². The number of rotatable bonds is 15. The van der Waals surface area contributed by atoms with Gasteiger partial charge in [0.1, 0.15) is 0 Å². The molecule has 0 bridgehead atoms. The molecule has 2 unspecified atom stereocenters. The summed E-state index contributed by atoms with van der Waals surface area (Å²) < 4.78 is 31.0. The number of carbonyl (C=O) groups excluding carboxylic acids is 1. The van der Waals surface area contributed by atoms with E-state index in [9.17, 15) is 15.0 Å². The SMILES string of the molecule is CCOC(=O)C1=C(O)C(=C/C2=CC(OCCOCCOCCOCCN)C(O)C=C2)/S/C1=[N]\[Pb]. The van der Waals surface area contributed by atoms with Gasteiger partial charge in [0.2, 0.25) is 0 Å². The first kappa shape index (κ1) is 29.2. The van der Waals surface area contributed by atoms with Crippen molar-refractivity contribution in [3.05, 3.63) is 46.1 Å². The van der Waals surface area contributed by atoms with Gasteiger partial charge in [-0.25, -0.2) is 0 Å². The van der Waals surface area contributed by atoms with E-state index < -0.39 is 18.2 Å². The van der Waals surface area contributed by atoms with Crippen molar-refractivity contribution >= 4 is 48.8 Å². The summed E-state index contributed by atoms with van der Waals surface area (Å²) in [6.45, 7) is 5.44. The van der Waals surface area contributed by atoms with Gasteiger partial charge >= 0.3 is 166 Å². The number of hydrogen-bond donors (Lipinski definition) is 3. The van der Waals surface area contributed by atoms with Crippen LogP contribution in [0, 0.1) is 0 Å². The molecule has 34 heavy (non-hydrogen) atoms. The molecule has 2 atom stereocenters. The Hall–Kier alpha value is -1.07. The number of esters is 1. The molecule has 187 valence electrons. The molecule has 0 fully saturated rings. The zero-order valence-electron chi connectivity index (χ0n) is 19.1. The van der Waals surface area contributed by atoms with E-state index in [1.54, 1.807) is 31.2 Å². The zero-order valence-corrected chi connectivity index (χ0v) is 23.8. The standard InChI is InChI=1S/C22H31N2O8S.Pb/c1-2-31-22(27)19-20(26)18(33-21(19)24)14-15-3-4-16(25)17(13-15)32-12-11-30-10-9-29-8-7-28-6-5-23;/h3-4,13-14,16-17,25-26H,2,5-12,23H2,1H3;/q-1;+1/b18-14-;. The summed E-state index contributed by atoms with van der Waals surface area (Å²) in [5.74, 6) is -0.752. The van der Waals surface area contributed by atoms with Crippen LogP contribution in [0.2, 0.25) is 0 Å². The first-order valence-electron chi connectivity index (χ1n) is 10.9. The van der Waals surface area contributed by atoms with Crippen LogP contribution >= 0.6 is 11.8 Å². The average molecular weight is 691 g/mol. The fraction of sp³-hybridized carbons (Fsp3) is 0.545. The molecule has 1 aliphatic heterocycles. The summed E-state index contributed by atoms with van der Waals surface area (Å²) in [6, 6.07) is 0. The number of hydrogen-bond acceptors (Lipinski definition) is 11. The van der Waals surface area contributed by atoms with Crippen molar-refractivity contribution in [3.8, 4) is 0 Å². The summed E-state index contributed by atoms with van der Waals surface area (Å²) in [4.78, 5) is 12.7. The van der Waals surface area contributed by atoms with Gasteiger partial charge in [-0.15, -0.1) is 0 Å². The quantitative estimate of drug-likeness (QED) is 0.128. The van der Waals surface area contributed by atoms with Gasteiger partial charge in [-0.2, -0.15) is 0 Å². The molecule has 0 saturated heterocycles. The third kappa shape index (κ3) is 9.53. The van der Waals surface area contributed by atoms with Crippen LogP contribution in [0.1, 0.15) is 6.92 Å². The second-order valence-electron chi connectivity index (χ2n) is 6.95. The van der Waals surface area contributed by atoms with Crippen LogP contribution in [0.15, 0.2) is 48.9 Å². The van der Waals surface area contributed by atoms with Gasteiger partial charge < -0.3 is 15.2 Å². The van der Waals surface area contributed by atoms with E-state index >= 15 is 0 Å². The van der Waals surface area contributed by atoms with Crippen molar-refractivity contribution in [2.45, 2.75) is 19.1 Å². The number of aliphatic hydroxyl groups excluding tert-OH is 2. The Morgan fingerprint density at radius 2 is 1.82 bits per heavy atom. The van der Waals surface area contributed by atoms with E-state index in [4.69, 9.17) is 29.4 Å². The summed E-state index contributed by atoms with van der Waals surface area (Å²) in [5.41, 5.74) is 6.15. The van der Waals surface area contributed by atoms with Gasteiger partial charge in [-0.05, 0) is 0 Å². The maximum absolute atomic E-state index is 12.2. The Morgan fingerprint density at radius 3 is 2.44 bits per heavy atom. The molecule has 4 N–H and O–H groups in total. The molecule has 0 saturated carbocycles. The molecule has 2 aliphatic rings. The normalized spacial score (nSPS) is 22.6. The molecule has 0 aromatic heterocycles. The molecule has 12 heteroatoms. The van der Waals surface area contributed by atoms with Crippen LogP contribution in [-0.4, -0.2) is 119 Å². The number of nitrogens with zero attached hydrogens (tertiary/aromatic N) is 1. The molecule has 0 aromatic carbocycles. The number of aliphatic hydroxyl groups is 2. The summed E-state index contributed by atoms with van der Waals surface area (Å²) >= 11 is 1.70. The Bertz CT molecular complexity index is 828. The third-order valence-corrected chi connectivity index (χ3v) is 7.01. The van der Waals surface area contributed by atoms with E-state index in [0.717, 1.165) is 5.57 Å². The molecule has 0 spiro atoms. The number of thioether (sulfide) groups is 1. The van der Waals surface area contributed by atoms with Gasteiger partial charge in [-0.1, -0.05) is 0 Å². The maximum atomic E-state index is 12.2. The Morgan fingerprint density at radius 1 is 1.18 bits per heavy atom. The number of nitrogens with two attached hydrogens (primary N) is 1. The molecule has 3 radical (unpaired) electrons. The van der Waals surface area contributed by atoms with Gasteiger partial charge in [0.25, 0.3) is 0 Å². The zero-order chi connectivity index (χ0) is 24.8. The molecular weight excluding hydrogens is 660 g/mol. The van der Waals surface area contributed by atoms with E-state index in [0.29, 0.717) is 88.8 Å². The van der Waals surface area contributed by atoms with Crippen molar-refractivity contribution < 1.29 is 38.7 Å². The summed E-state index contributed by atoms with van der Waals surface area (Å²) in [7, 11) is 0. The fourth-order valence-electron chi connectivity index (χ4n) is 2.92. The number of ether oxygens (including phenoxy) is 5. The second-order valence-corrected chi connectivity index (χ2v) is 8.85. The Balaban J connectivity index is 1.82. The van der Waals surface area contributed by atoms with E-state index in [-0.39, 0.29) is 17.9 Å². The predicted octanol–water partition coefficient (Wildman–Crippen LogP) is 0.725. The Kier molecular flexibility index (Phi) is 14.2. The van der Waals surface area contributed by atoms with Crippen LogP contribution in [0.25, 0.3) is 0 Å². The van der Waals surface area contributed by atoms with E-state index in [1.807, 2.05) is 0 Å². The molecule has 0 amide bonds. The minimum absolute atomic E-state index is 0.0885. The van der Waals surface area contributed by atoms with Crippen LogP contribution < -0.4 is 5.73 Å². The second kappa shape index (κ2) is 16.6. The predicted molar refractivity (Wildman–Crippen MR) is 130 cm³/mol. The van der Waals surface area contributed by atoms with Crippen molar-refractivity contribution in [3.63, 3.8) is 0 Å². The van der Waals surface area contributed by atoms with Crippen molar-refractivity contribution in [1.82, 2.24) is 0 Å². The van der Waals surface area contributed by atoms with Crippen LogP contribution in [0.3, 0.4) is 0 Å². The fourth-order valence-corrected chi connectivity index (χ4v) is 4.81. The third-order valence-electron chi connectivity index (χ3n) is 4.49. The Labute approximate surface area is 220 Å². The monoisotopic (exact) mass is 691 g/mol. The molecule has 1 heterocycles. The van der Waals surface area contributed by atoms with Crippen molar-refractivity contribution in [1.29, 1.82) is 0 Å². The molecule has 0 aromatic rings. The van der Waals surface area contributed by atoms with Crippen molar-refractivity contribution in [2.24, 2.45) is 8.54 Å². The summed E-state index contributed by atoms with van der Waals surface area (Å²) in [6.07, 6.45) is 5.47. The van der Waals surface area contributed by atoms with Gasteiger partial charge in [0.15, 0.2) is 0 Å². The van der Waals surface area contributed by atoms with Gasteiger partial charge in [0, 0.05) is 6.54 Å². The molecular formula is C22H31N2O8PbS. The minimum atomic E-state index is -0.798. The first-order chi connectivity index (χ1) is 16.5. The number of carbonyl (C=O) groups is 1. The van der Waals surface area contributed by atoms with E-state index in [2.05, 4.69) is 2.80 Å². The van der Waals surface area contributed by atoms with Crippen LogP contribution in [0.4, 0.5) is 0 Å².